The molecular formula is C22H21N3O4S. The van der Waals surface area contributed by atoms with E-state index in [-0.39, 0.29) is 16.4 Å². The maximum Gasteiger partial charge on any atom is 0.269 e. The Morgan fingerprint density at radius 1 is 1.13 bits per heavy atom. The second kappa shape index (κ2) is 6.43. The number of aromatic nitrogens is 1. The topological polar surface area (TPSA) is 90.6 Å². The number of aromatic amines is 1. The van der Waals surface area contributed by atoms with E-state index in [1.807, 2.05) is 25.1 Å². The summed E-state index contributed by atoms with van der Waals surface area (Å²) in [5.41, 5.74) is 4.48. The normalized spacial score (nSPS) is 18.4. The lowest BCUT2D eigenvalue weighted by Crippen LogP contribution is -2.50. The second-order valence-electron chi connectivity index (χ2n) is 7.87. The van der Waals surface area contributed by atoms with Crippen molar-refractivity contribution in [3.63, 3.8) is 0 Å². The van der Waals surface area contributed by atoms with Crippen molar-refractivity contribution in [2.24, 2.45) is 0 Å². The third-order valence-corrected chi connectivity index (χ3v) is 8.01. The molecule has 7 nitrogen and oxygen atoms in total. The van der Waals surface area contributed by atoms with Crippen molar-refractivity contribution in [1.29, 1.82) is 0 Å². The number of nitrogens with zero attached hydrogens (tertiary/aromatic N) is 2. The van der Waals surface area contributed by atoms with E-state index in [2.05, 4.69) is 4.98 Å². The summed E-state index contributed by atoms with van der Waals surface area (Å²) in [6, 6.07) is 11.0. The monoisotopic (exact) mass is 423 g/mol. The number of sulfonamides is 1. The molecule has 0 saturated carbocycles. The average Bonchev–Trinajstić information content (AvgIpc) is 3.21. The summed E-state index contributed by atoms with van der Waals surface area (Å²) in [6.45, 7) is 4.38. The van der Waals surface area contributed by atoms with Gasteiger partial charge < -0.3 is 9.88 Å². The van der Waals surface area contributed by atoms with E-state index >= 15 is 0 Å². The first-order valence-corrected chi connectivity index (χ1v) is 11.3. The molecule has 8 heteroatoms. The van der Waals surface area contributed by atoms with E-state index in [1.54, 1.807) is 17.0 Å². The molecule has 3 heterocycles. The molecule has 0 fully saturated rings. The van der Waals surface area contributed by atoms with Crippen LogP contribution in [0.4, 0.5) is 0 Å². The first-order chi connectivity index (χ1) is 14.3. The van der Waals surface area contributed by atoms with Gasteiger partial charge in [-0.3, -0.25) is 9.59 Å². The standard InChI is InChI=1S/C22H21N3O4S/c1-13-6-5-8-15-17-12-24(11-10-18(17)23-20(13)15)21(26)14(2)25-22(27)16-7-3-4-9-19(16)30(25,28)29/h3-9,14,23H,10-12H2,1-2H3/t14-/m0/s1. The highest BCUT2D eigenvalue weighted by Gasteiger charge is 2.46. The predicted molar refractivity (Wildman–Crippen MR) is 111 cm³/mol. The van der Waals surface area contributed by atoms with E-state index in [0.29, 0.717) is 19.5 Å². The van der Waals surface area contributed by atoms with Gasteiger partial charge >= 0.3 is 0 Å². The van der Waals surface area contributed by atoms with E-state index in [1.165, 1.54) is 19.1 Å². The minimum absolute atomic E-state index is 0.0392. The van der Waals surface area contributed by atoms with Gasteiger partial charge in [0.2, 0.25) is 5.91 Å². The van der Waals surface area contributed by atoms with Gasteiger partial charge in [0.05, 0.1) is 5.56 Å². The summed E-state index contributed by atoms with van der Waals surface area (Å²) in [6.07, 6.45) is 0.656. The second-order valence-corrected chi connectivity index (χ2v) is 9.65. The Morgan fingerprint density at radius 2 is 1.90 bits per heavy atom. The maximum absolute atomic E-state index is 13.3. The van der Waals surface area contributed by atoms with Crippen LogP contribution in [0, 0.1) is 6.92 Å². The summed E-state index contributed by atoms with van der Waals surface area (Å²) < 4.78 is 26.6. The Kier molecular flexibility index (Phi) is 4.05. The van der Waals surface area contributed by atoms with Crippen molar-refractivity contribution in [2.45, 2.75) is 37.8 Å². The van der Waals surface area contributed by atoms with Gasteiger partial charge in [0.25, 0.3) is 15.9 Å². The number of aryl methyl sites for hydroxylation is 1. The lowest BCUT2D eigenvalue weighted by molar-refractivity contribution is -0.135. The molecule has 2 aliphatic heterocycles. The number of nitrogens with one attached hydrogen (secondary N) is 1. The summed E-state index contributed by atoms with van der Waals surface area (Å²) in [5, 5.41) is 1.08. The van der Waals surface area contributed by atoms with Crippen LogP contribution < -0.4 is 0 Å². The molecule has 2 amide bonds. The van der Waals surface area contributed by atoms with E-state index in [9.17, 15) is 18.0 Å². The Hall–Kier alpha value is -3.13. The molecule has 2 aromatic carbocycles. The Labute approximate surface area is 174 Å². The molecule has 0 spiro atoms. The number of amides is 2. The third kappa shape index (κ3) is 2.53. The zero-order valence-electron chi connectivity index (χ0n) is 16.7. The largest absolute Gasteiger partial charge is 0.358 e. The molecule has 1 atom stereocenters. The maximum atomic E-state index is 13.3. The van der Waals surface area contributed by atoms with Crippen molar-refractivity contribution in [1.82, 2.24) is 14.2 Å². The fourth-order valence-corrected chi connectivity index (χ4v) is 6.24. The van der Waals surface area contributed by atoms with Crippen LogP contribution in [0.15, 0.2) is 47.4 Å². The minimum Gasteiger partial charge on any atom is -0.358 e. The van der Waals surface area contributed by atoms with Crippen molar-refractivity contribution < 1.29 is 18.0 Å². The molecule has 0 aliphatic carbocycles. The van der Waals surface area contributed by atoms with Gasteiger partial charge in [-0.1, -0.05) is 30.3 Å². The summed E-state index contributed by atoms with van der Waals surface area (Å²) in [5.74, 6) is -1.01. The fourth-order valence-electron chi connectivity index (χ4n) is 4.52. The first kappa shape index (κ1) is 18.9. The van der Waals surface area contributed by atoms with Crippen molar-refractivity contribution in [3.05, 3.63) is 64.8 Å². The number of para-hydroxylation sites is 1. The number of benzene rings is 2. The number of hydrogen-bond acceptors (Lipinski definition) is 4. The van der Waals surface area contributed by atoms with E-state index in [0.717, 1.165) is 32.0 Å². The van der Waals surface area contributed by atoms with Gasteiger partial charge in [-0.15, -0.1) is 0 Å². The number of H-pyrrole nitrogens is 1. The van der Waals surface area contributed by atoms with Crippen molar-refractivity contribution in [3.8, 4) is 0 Å². The molecule has 154 valence electrons. The molecule has 30 heavy (non-hydrogen) atoms. The molecular weight excluding hydrogens is 402 g/mol. The summed E-state index contributed by atoms with van der Waals surface area (Å²) >= 11 is 0. The van der Waals surface area contributed by atoms with E-state index < -0.39 is 22.0 Å². The molecule has 5 rings (SSSR count). The number of hydrogen-bond donors (Lipinski definition) is 1. The van der Waals surface area contributed by atoms with Gasteiger partial charge in [-0.25, -0.2) is 12.7 Å². The Bertz CT molecular complexity index is 1330. The van der Waals surface area contributed by atoms with Gasteiger partial charge in [-0.05, 0) is 31.5 Å². The van der Waals surface area contributed by atoms with Crippen LogP contribution in [0.25, 0.3) is 10.9 Å². The highest BCUT2D eigenvalue weighted by molar-refractivity contribution is 7.90. The summed E-state index contributed by atoms with van der Waals surface area (Å²) in [7, 11) is -4.04. The van der Waals surface area contributed by atoms with E-state index in [4.69, 9.17) is 0 Å². The smallest absolute Gasteiger partial charge is 0.269 e. The lowest BCUT2D eigenvalue weighted by Gasteiger charge is -2.32. The molecule has 0 radical (unpaired) electrons. The SMILES string of the molecule is Cc1cccc2c3c([nH]c12)CCN(C(=O)[C@H](C)N1C(=O)c2ccccc2S1(=O)=O)C3. The highest BCUT2D eigenvalue weighted by Crippen LogP contribution is 2.34. The number of fused-ring (bicyclic) bond motifs is 4. The number of rotatable bonds is 2. The molecule has 0 bridgehead atoms. The van der Waals surface area contributed by atoms with Crippen LogP contribution in [0.3, 0.4) is 0 Å². The Morgan fingerprint density at radius 3 is 2.67 bits per heavy atom. The molecule has 1 aromatic heterocycles. The number of carbonyl (C=O) groups excluding carboxylic acids is 2. The minimum atomic E-state index is -4.04. The molecule has 1 N–H and O–H groups in total. The highest BCUT2D eigenvalue weighted by atomic mass is 32.2. The van der Waals surface area contributed by atoms with Crippen LogP contribution in [-0.4, -0.2) is 47.0 Å². The first-order valence-electron chi connectivity index (χ1n) is 9.86. The average molecular weight is 423 g/mol. The molecule has 2 aliphatic rings. The number of carbonyl (C=O) groups is 2. The van der Waals surface area contributed by atoms with Crippen LogP contribution in [-0.2, 0) is 27.8 Å². The van der Waals surface area contributed by atoms with Gasteiger partial charge in [-0.2, -0.15) is 0 Å². The van der Waals surface area contributed by atoms with Gasteiger partial charge in [0.1, 0.15) is 10.9 Å². The lowest BCUT2D eigenvalue weighted by atomic mass is 10.0. The zero-order valence-corrected chi connectivity index (χ0v) is 17.5. The molecule has 3 aromatic rings. The van der Waals surface area contributed by atoms with Crippen LogP contribution >= 0.6 is 0 Å². The van der Waals surface area contributed by atoms with Gasteiger partial charge in [0.15, 0.2) is 0 Å². The predicted octanol–water partition coefficient (Wildman–Crippen LogP) is 2.59. The van der Waals surface area contributed by atoms with Crippen LogP contribution in [0.1, 0.15) is 34.1 Å². The molecule has 0 unspecified atom stereocenters. The van der Waals surface area contributed by atoms with Gasteiger partial charge in [0, 0.05) is 41.7 Å². The fraction of sp³-hybridized carbons (Fsp3) is 0.273. The van der Waals surface area contributed by atoms with Crippen molar-refractivity contribution in [2.75, 3.05) is 6.54 Å². The summed E-state index contributed by atoms with van der Waals surface area (Å²) in [4.78, 5) is 31.1. The zero-order chi connectivity index (χ0) is 21.2. The third-order valence-electron chi connectivity index (χ3n) is 6.09. The van der Waals surface area contributed by atoms with Crippen LogP contribution in [0.5, 0.6) is 0 Å². The van der Waals surface area contributed by atoms with Crippen LogP contribution in [0.2, 0.25) is 0 Å². The molecule has 0 saturated heterocycles. The Balaban J connectivity index is 1.46. The van der Waals surface area contributed by atoms with Crippen molar-refractivity contribution >= 4 is 32.7 Å². The quantitative estimate of drug-likeness (QED) is 0.686.